The largest absolute Gasteiger partial charge is 0.417 e. The van der Waals surface area contributed by atoms with Crippen molar-refractivity contribution >= 4 is 34.6 Å². The Morgan fingerprint density at radius 3 is 2.39 bits per heavy atom. The van der Waals surface area contributed by atoms with Gasteiger partial charge in [-0.25, -0.2) is 0 Å². The number of alkyl halides is 3. The number of benzene rings is 2. The lowest BCUT2D eigenvalue weighted by Gasteiger charge is -2.30. The summed E-state index contributed by atoms with van der Waals surface area (Å²) in [5.74, 6) is -0.432. The van der Waals surface area contributed by atoms with Gasteiger partial charge in [0.25, 0.3) is 5.91 Å². The smallest absolute Gasteiger partial charge is 0.314 e. The van der Waals surface area contributed by atoms with Gasteiger partial charge < -0.3 is 15.1 Å². The summed E-state index contributed by atoms with van der Waals surface area (Å²) in [5.41, 5.74) is 0.408. The van der Waals surface area contributed by atoms with Crippen molar-refractivity contribution < 1.29 is 18.0 Å². The van der Waals surface area contributed by atoms with Gasteiger partial charge in [0.15, 0.2) is 5.11 Å². The highest BCUT2D eigenvalue weighted by molar-refractivity contribution is 7.81. The Kier molecular flexibility index (Phi) is 8.12. The van der Waals surface area contributed by atoms with Crippen molar-refractivity contribution in [3.05, 3.63) is 58.7 Å². The van der Waals surface area contributed by atoms with Crippen LogP contribution in [0.25, 0.3) is 0 Å². The second-order valence-corrected chi connectivity index (χ2v) is 10.5. The van der Waals surface area contributed by atoms with Crippen LogP contribution in [0.4, 0.5) is 24.5 Å². The summed E-state index contributed by atoms with van der Waals surface area (Å²) in [5, 5.41) is 12.6. The predicted octanol–water partition coefficient (Wildman–Crippen LogP) is 4.89. The fourth-order valence-corrected chi connectivity index (χ4v) is 5.73. The van der Waals surface area contributed by atoms with Crippen molar-refractivity contribution in [2.24, 2.45) is 0 Å². The highest BCUT2D eigenvalue weighted by atomic mass is 32.1. The number of hydrogen-bond acceptors (Lipinski definition) is 5. The molecule has 0 aromatic heterocycles. The molecule has 0 spiro atoms. The van der Waals surface area contributed by atoms with Crippen LogP contribution in [0.1, 0.15) is 49.4 Å². The number of carbonyl (C=O) groups is 1. The molecule has 202 valence electrons. The molecular formula is C28H32F3N5OS. The van der Waals surface area contributed by atoms with E-state index in [1.54, 1.807) is 24.8 Å². The van der Waals surface area contributed by atoms with Crippen LogP contribution < -0.4 is 15.1 Å². The van der Waals surface area contributed by atoms with Gasteiger partial charge in [0.05, 0.1) is 22.9 Å². The normalized spacial score (nSPS) is 18.2. The number of nitrogens with one attached hydrogen (secondary N) is 1. The van der Waals surface area contributed by atoms with Crippen molar-refractivity contribution in [1.82, 2.24) is 10.2 Å². The maximum atomic E-state index is 13.6. The summed E-state index contributed by atoms with van der Waals surface area (Å²) < 4.78 is 40.8. The molecule has 2 aliphatic rings. The lowest BCUT2D eigenvalue weighted by Crippen LogP contribution is -2.44. The second kappa shape index (κ2) is 11.0. The molecule has 38 heavy (non-hydrogen) atoms. The highest BCUT2D eigenvalue weighted by Gasteiger charge is 2.50. The van der Waals surface area contributed by atoms with Crippen LogP contribution in [0.15, 0.2) is 36.4 Å². The number of rotatable bonds is 7. The molecule has 2 saturated heterocycles. The number of piperazine rings is 1. The van der Waals surface area contributed by atoms with Crippen LogP contribution in [0, 0.1) is 11.3 Å². The van der Waals surface area contributed by atoms with Crippen molar-refractivity contribution in [2.45, 2.75) is 51.7 Å². The van der Waals surface area contributed by atoms with Gasteiger partial charge in [-0.15, -0.1) is 0 Å². The number of nitriles is 1. The number of halogens is 3. The van der Waals surface area contributed by atoms with Crippen LogP contribution in [-0.4, -0.2) is 54.2 Å². The van der Waals surface area contributed by atoms with Crippen molar-refractivity contribution in [2.75, 3.05) is 42.5 Å². The molecule has 2 aliphatic heterocycles. The average Bonchev–Trinajstić information content (AvgIpc) is 3.07. The van der Waals surface area contributed by atoms with Gasteiger partial charge in [0, 0.05) is 31.9 Å². The number of thiocarbonyl (C=S) groups is 1. The summed E-state index contributed by atoms with van der Waals surface area (Å²) in [6, 6.07) is 10.8. The van der Waals surface area contributed by atoms with E-state index in [1.807, 2.05) is 12.1 Å². The van der Waals surface area contributed by atoms with Crippen molar-refractivity contribution in [1.29, 1.82) is 5.26 Å². The minimum Gasteiger partial charge on any atom is -0.314 e. The summed E-state index contributed by atoms with van der Waals surface area (Å²) in [7, 11) is 0. The van der Waals surface area contributed by atoms with E-state index in [-0.39, 0.29) is 10.8 Å². The Bertz CT molecular complexity index is 1260. The Balaban J connectivity index is 1.60. The number of amides is 1. The molecule has 0 radical (unpaired) electrons. The van der Waals surface area contributed by atoms with Gasteiger partial charge in [0.1, 0.15) is 5.54 Å². The van der Waals surface area contributed by atoms with Crippen molar-refractivity contribution in [3.63, 3.8) is 0 Å². The minimum atomic E-state index is -4.74. The van der Waals surface area contributed by atoms with Gasteiger partial charge in [0.2, 0.25) is 0 Å². The minimum absolute atomic E-state index is 0.0119. The van der Waals surface area contributed by atoms with Crippen LogP contribution in [-0.2, 0) is 23.8 Å². The SMILES string of the molecule is CCc1cc(N2C(=S)N(c3ccc(C#N)c(C(F)(F)F)c3)C(=O)C2(C)C)ccc1CCCN1CCNCC1. The van der Waals surface area contributed by atoms with E-state index in [9.17, 15) is 18.0 Å². The zero-order valence-electron chi connectivity index (χ0n) is 21.9. The zero-order chi connectivity index (χ0) is 27.7. The summed E-state index contributed by atoms with van der Waals surface area (Å²) in [6.45, 7) is 10.7. The third kappa shape index (κ3) is 5.41. The van der Waals surface area contributed by atoms with E-state index in [2.05, 4.69) is 23.2 Å². The first-order chi connectivity index (χ1) is 18.0. The molecule has 0 atom stereocenters. The number of carbonyl (C=O) groups excluding carboxylic acids is 1. The van der Waals surface area contributed by atoms with E-state index in [0.29, 0.717) is 0 Å². The third-order valence-corrected chi connectivity index (χ3v) is 7.68. The highest BCUT2D eigenvalue weighted by Crippen LogP contribution is 2.40. The third-order valence-electron chi connectivity index (χ3n) is 7.31. The second-order valence-electron chi connectivity index (χ2n) is 10.2. The summed E-state index contributed by atoms with van der Waals surface area (Å²) in [6.07, 6.45) is -1.94. The standard InChI is InChI=1S/C28H32F3N5OS/c1-4-19-16-23(10-7-20(19)6-5-13-34-14-11-33-12-15-34)36-26(38)35(25(37)27(36,2)3)22-9-8-21(18-32)24(17-22)28(29,30)31/h7-10,16-17,33H,4-6,11-15H2,1-3H3. The molecule has 10 heteroatoms. The molecule has 0 bridgehead atoms. The fraction of sp³-hybridized carbons (Fsp3) is 0.464. The van der Waals surface area contributed by atoms with E-state index in [1.165, 1.54) is 11.6 Å². The number of anilines is 2. The predicted molar refractivity (Wildman–Crippen MR) is 146 cm³/mol. The fourth-order valence-electron chi connectivity index (χ4n) is 5.21. The Labute approximate surface area is 227 Å². The average molecular weight is 544 g/mol. The van der Waals surface area contributed by atoms with Crippen LogP contribution in [0.3, 0.4) is 0 Å². The lowest BCUT2D eigenvalue weighted by molar-refractivity contribution is -0.137. The molecule has 2 aromatic rings. The van der Waals surface area contributed by atoms with Crippen LogP contribution >= 0.6 is 12.2 Å². The number of hydrogen-bond donors (Lipinski definition) is 1. The molecule has 0 unspecified atom stereocenters. The lowest BCUT2D eigenvalue weighted by atomic mass is 9.97. The zero-order valence-corrected chi connectivity index (χ0v) is 22.7. The van der Waals surface area contributed by atoms with Gasteiger partial charge in [-0.05, 0) is 93.3 Å². The quantitative estimate of drug-likeness (QED) is 0.502. The molecule has 2 aromatic carbocycles. The van der Waals surface area contributed by atoms with Gasteiger partial charge in [-0.3, -0.25) is 9.69 Å². The molecule has 1 N–H and O–H groups in total. The Morgan fingerprint density at radius 1 is 1.08 bits per heavy atom. The monoisotopic (exact) mass is 543 g/mol. The van der Waals surface area contributed by atoms with Crippen molar-refractivity contribution in [3.8, 4) is 6.07 Å². The molecule has 2 heterocycles. The first-order valence-corrected chi connectivity index (χ1v) is 13.2. The van der Waals surface area contributed by atoms with E-state index < -0.39 is 28.7 Å². The molecule has 0 saturated carbocycles. The molecule has 6 nitrogen and oxygen atoms in total. The molecular weight excluding hydrogens is 511 g/mol. The molecule has 0 aliphatic carbocycles. The summed E-state index contributed by atoms with van der Waals surface area (Å²) in [4.78, 5) is 18.8. The Morgan fingerprint density at radius 2 is 1.76 bits per heavy atom. The first-order valence-electron chi connectivity index (χ1n) is 12.8. The van der Waals surface area contributed by atoms with E-state index in [0.717, 1.165) is 80.3 Å². The first kappa shape index (κ1) is 28.0. The molecule has 2 fully saturated rings. The topological polar surface area (TPSA) is 62.6 Å². The number of aryl methyl sites for hydroxylation is 2. The molecule has 1 amide bonds. The number of nitrogens with zero attached hydrogens (tertiary/aromatic N) is 4. The maximum absolute atomic E-state index is 13.6. The van der Waals surface area contributed by atoms with Gasteiger partial charge in [-0.1, -0.05) is 13.0 Å². The van der Waals surface area contributed by atoms with Gasteiger partial charge in [-0.2, -0.15) is 18.4 Å². The van der Waals surface area contributed by atoms with E-state index >= 15 is 0 Å². The van der Waals surface area contributed by atoms with Gasteiger partial charge >= 0.3 is 6.18 Å². The Hall–Kier alpha value is -3.00. The van der Waals surface area contributed by atoms with Crippen LogP contribution in [0.2, 0.25) is 0 Å². The van der Waals surface area contributed by atoms with E-state index in [4.69, 9.17) is 17.5 Å². The van der Waals surface area contributed by atoms with Crippen LogP contribution in [0.5, 0.6) is 0 Å². The maximum Gasteiger partial charge on any atom is 0.417 e. The summed E-state index contributed by atoms with van der Waals surface area (Å²) >= 11 is 5.68. The molecule has 4 rings (SSSR count).